The molecule has 0 unspecified atom stereocenters. The average Bonchev–Trinajstić information content (AvgIpc) is 2.44. The number of nitrogens with one attached hydrogen (secondary N) is 1. The highest BCUT2D eigenvalue weighted by Gasteiger charge is 2.28. The lowest BCUT2D eigenvalue weighted by Gasteiger charge is -2.39. The van der Waals surface area contributed by atoms with Gasteiger partial charge in [-0.05, 0) is 45.0 Å². The van der Waals surface area contributed by atoms with Crippen LogP contribution in [0.2, 0.25) is 0 Å². The van der Waals surface area contributed by atoms with Gasteiger partial charge >= 0.3 is 0 Å². The Balaban J connectivity index is 1.99. The Morgan fingerprint density at radius 1 is 1.37 bits per heavy atom. The van der Waals surface area contributed by atoms with Crippen LogP contribution in [0, 0.1) is 0 Å². The van der Waals surface area contributed by atoms with Gasteiger partial charge in [0.25, 0.3) is 0 Å². The first-order valence-corrected chi connectivity index (χ1v) is 6.83. The fourth-order valence-corrected chi connectivity index (χ4v) is 2.51. The van der Waals surface area contributed by atoms with Crippen molar-refractivity contribution in [2.75, 3.05) is 27.2 Å². The van der Waals surface area contributed by atoms with E-state index in [1.165, 1.54) is 0 Å². The third-order valence-corrected chi connectivity index (χ3v) is 4.24. The molecule has 1 heterocycles. The van der Waals surface area contributed by atoms with Gasteiger partial charge < -0.3 is 15.2 Å². The van der Waals surface area contributed by atoms with Crippen molar-refractivity contribution in [2.24, 2.45) is 0 Å². The second-order valence-electron chi connectivity index (χ2n) is 5.58. The number of ether oxygens (including phenoxy) is 1. The molecule has 1 aliphatic heterocycles. The zero-order valence-electron chi connectivity index (χ0n) is 12.1. The van der Waals surface area contributed by atoms with Gasteiger partial charge in [0, 0.05) is 30.7 Å². The van der Waals surface area contributed by atoms with E-state index in [1.54, 1.807) is 19.2 Å². The summed E-state index contributed by atoms with van der Waals surface area (Å²) in [6, 6.07) is 5.41. The van der Waals surface area contributed by atoms with Crippen LogP contribution in [0.15, 0.2) is 18.2 Å². The standard InChI is InChI=1S/C15H24N2O2/c1-15(16-2)6-8-17(9-7-15)11-12-10-13(19-3)4-5-14(12)18/h4-5,10,16,18H,6-9,11H2,1-3H3. The van der Waals surface area contributed by atoms with Gasteiger partial charge in [0.15, 0.2) is 0 Å². The first-order valence-electron chi connectivity index (χ1n) is 6.83. The molecule has 1 aromatic carbocycles. The number of methoxy groups -OCH3 is 1. The van der Waals surface area contributed by atoms with Crippen LogP contribution in [-0.2, 0) is 6.54 Å². The SMILES string of the molecule is CNC1(C)CCN(Cc2cc(OC)ccc2O)CC1. The summed E-state index contributed by atoms with van der Waals surface area (Å²) in [5.41, 5.74) is 1.19. The van der Waals surface area contributed by atoms with E-state index in [2.05, 4.69) is 17.1 Å². The van der Waals surface area contributed by atoms with Gasteiger partial charge in [-0.1, -0.05) is 0 Å². The molecule has 0 aromatic heterocycles. The Bertz CT molecular complexity index is 426. The summed E-state index contributed by atoms with van der Waals surface area (Å²) in [7, 11) is 3.68. The van der Waals surface area contributed by atoms with Gasteiger partial charge in [-0.2, -0.15) is 0 Å². The molecule has 0 amide bonds. The predicted molar refractivity (Wildman–Crippen MR) is 76.6 cm³/mol. The molecule has 106 valence electrons. The minimum Gasteiger partial charge on any atom is -0.508 e. The van der Waals surface area contributed by atoms with Crippen molar-refractivity contribution in [1.82, 2.24) is 10.2 Å². The van der Waals surface area contributed by atoms with Crippen LogP contribution in [0.5, 0.6) is 11.5 Å². The molecule has 1 saturated heterocycles. The van der Waals surface area contributed by atoms with Crippen LogP contribution in [-0.4, -0.2) is 42.8 Å². The summed E-state index contributed by atoms with van der Waals surface area (Å²) < 4.78 is 5.21. The smallest absolute Gasteiger partial charge is 0.120 e. The maximum Gasteiger partial charge on any atom is 0.120 e. The summed E-state index contributed by atoms with van der Waals surface area (Å²) in [4.78, 5) is 2.38. The van der Waals surface area contributed by atoms with E-state index in [1.807, 2.05) is 13.1 Å². The maximum atomic E-state index is 9.92. The Morgan fingerprint density at radius 3 is 2.63 bits per heavy atom. The number of benzene rings is 1. The molecule has 19 heavy (non-hydrogen) atoms. The summed E-state index contributed by atoms with van der Waals surface area (Å²) in [6.45, 7) is 5.15. The van der Waals surface area contributed by atoms with Crippen LogP contribution in [0.3, 0.4) is 0 Å². The number of aromatic hydroxyl groups is 1. The Labute approximate surface area is 115 Å². The number of likely N-dealkylation sites (tertiary alicyclic amines) is 1. The highest BCUT2D eigenvalue weighted by Crippen LogP contribution is 2.27. The molecule has 0 radical (unpaired) electrons. The Kier molecular flexibility index (Phi) is 4.32. The average molecular weight is 264 g/mol. The largest absolute Gasteiger partial charge is 0.508 e. The molecule has 0 saturated carbocycles. The first-order chi connectivity index (χ1) is 9.06. The number of phenols is 1. The van der Waals surface area contributed by atoms with E-state index < -0.39 is 0 Å². The van der Waals surface area contributed by atoms with Crippen LogP contribution < -0.4 is 10.1 Å². The third-order valence-electron chi connectivity index (χ3n) is 4.24. The second kappa shape index (κ2) is 5.80. The van der Waals surface area contributed by atoms with Gasteiger partial charge in [-0.15, -0.1) is 0 Å². The second-order valence-corrected chi connectivity index (χ2v) is 5.58. The molecule has 0 atom stereocenters. The number of rotatable bonds is 4. The molecular formula is C15H24N2O2. The summed E-state index contributed by atoms with van der Waals surface area (Å²) >= 11 is 0. The summed E-state index contributed by atoms with van der Waals surface area (Å²) in [5, 5.41) is 13.3. The van der Waals surface area contributed by atoms with Crippen molar-refractivity contribution in [1.29, 1.82) is 0 Å². The van der Waals surface area contributed by atoms with Crippen LogP contribution in [0.25, 0.3) is 0 Å². The number of hydrogen-bond acceptors (Lipinski definition) is 4. The van der Waals surface area contributed by atoms with Gasteiger partial charge in [-0.25, -0.2) is 0 Å². The minimum absolute atomic E-state index is 0.257. The fraction of sp³-hybridized carbons (Fsp3) is 0.600. The molecule has 4 nitrogen and oxygen atoms in total. The van der Waals surface area contributed by atoms with Gasteiger partial charge in [-0.3, -0.25) is 4.90 Å². The predicted octanol–water partition coefficient (Wildman–Crippen LogP) is 1.97. The zero-order valence-corrected chi connectivity index (χ0v) is 12.1. The van der Waals surface area contributed by atoms with Crippen LogP contribution >= 0.6 is 0 Å². The number of hydrogen-bond donors (Lipinski definition) is 2. The molecule has 4 heteroatoms. The number of piperidine rings is 1. The van der Waals surface area contributed by atoms with Crippen LogP contribution in [0.1, 0.15) is 25.3 Å². The van der Waals surface area contributed by atoms with Crippen molar-refractivity contribution >= 4 is 0 Å². The van der Waals surface area contributed by atoms with E-state index in [-0.39, 0.29) is 5.54 Å². The van der Waals surface area contributed by atoms with Gasteiger partial charge in [0.05, 0.1) is 7.11 Å². The van der Waals surface area contributed by atoms with E-state index >= 15 is 0 Å². The van der Waals surface area contributed by atoms with Crippen molar-refractivity contribution in [3.05, 3.63) is 23.8 Å². The van der Waals surface area contributed by atoms with Crippen molar-refractivity contribution in [3.8, 4) is 11.5 Å². The Hall–Kier alpha value is -1.26. The maximum absolute atomic E-state index is 9.92. The third kappa shape index (κ3) is 3.39. The Morgan fingerprint density at radius 2 is 2.05 bits per heavy atom. The molecule has 2 rings (SSSR count). The quantitative estimate of drug-likeness (QED) is 0.873. The lowest BCUT2D eigenvalue weighted by atomic mass is 9.90. The molecular weight excluding hydrogens is 240 g/mol. The molecule has 1 aliphatic rings. The summed E-state index contributed by atoms with van der Waals surface area (Å²) in [6.07, 6.45) is 2.27. The number of nitrogens with zero attached hydrogens (tertiary/aromatic N) is 1. The minimum atomic E-state index is 0.257. The normalized spacial score (nSPS) is 19.3. The molecule has 0 spiro atoms. The first kappa shape index (κ1) is 14.2. The topological polar surface area (TPSA) is 44.7 Å². The lowest BCUT2D eigenvalue weighted by Crippen LogP contribution is -2.49. The molecule has 1 aromatic rings. The molecule has 1 fully saturated rings. The van der Waals surface area contributed by atoms with Crippen molar-refractivity contribution in [2.45, 2.75) is 31.8 Å². The zero-order chi connectivity index (χ0) is 13.9. The van der Waals surface area contributed by atoms with E-state index in [0.29, 0.717) is 5.75 Å². The van der Waals surface area contributed by atoms with E-state index in [0.717, 1.165) is 43.8 Å². The van der Waals surface area contributed by atoms with Crippen molar-refractivity contribution in [3.63, 3.8) is 0 Å². The van der Waals surface area contributed by atoms with E-state index in [9.17, 15) is 5.11 Å². The summed E-state index contributed by atoms with van der Waals surface area (Å²) in [5.74, 6) is 1.15. The van der Waals surface area contributed by atoms with Crippen LogP contribution in [0.4, 0.5) is 0 Å². The highest BCUT2D eigenvalue weighted by molar-refractivity contribution is 5.39. The molecule has 0 aliphatic carbocycles. The fourth-order valence-electron chi connectivity index (χ4n) is 2.51. The molecule has 2 N–H and O–H groups in total. The van der Waals surface area contributed by atoms with Gasteiger partial charge in [0.1, 0.15) is 11.5 Å². The van der Waals surface area contributed by atoms with Crippen molar-refractivity contribution < 1.29 is 9.84 Å². The van der Waals surface area contributed by atoms with Gasteiger partial charge in [0.2, 0.25) is 0 Å². The number of phenolic OH excluding ortho intramolecular Hbond substituents is 1. The lowest BCUT2D eigenvalue weighted by molar-refractivity contribution is 0.145. The highest BCUT2D eigenvalue weighted by atomic mass is 16.5. The van der Waals surface area contributed by atoms with E-state index in [4.69, 9.17) is 4.74 Å². The molecule has 0 bridgehead atoms. The monoisotopic (exact) mass is 264 g/mol.